The van der Waals surface area contributed by atoms with E-state index in [-0.39, 0.29) is 0 Å². The van der Waals surface area contributed by atoms with Gasteiger partial charge in [-0.05, 0) is 0 Å². The number of nitrogens with zero attached hydrogens (tertiary/aromatic N) is 6. The maximum atomic E-state index is 5.67. The van der Waals surface area contributed by atoms with E-state index in [2.05, 4.69) is 19.9 Å². The first kappa shape index (κ1) is 17.4. The lowest BCUT2D eigenvalue weighted by atomic mass is 10.2. The molecule has 0 fully saturated rings. The molecule has 8 nitrogen and oxygen atoms in total. The van der Waals surface area contributed by atoms with Crippen LogP contribution < -0.4 is 15.4 Å². The number of fused-ring (bicyclic) bond motifs is 1. The molecular weight excluding hydrogens is 330 g/mol. The van der Waals surface area contributed by atoms with Crippen molar-refractivity contribution in [1.29, 1.82) is 0 Å². The molecule has 0 aromatic carbocycles. The fourth-order valence-corrected chi connectivity index (χ4v) is 2.66. The van der Waals surface area contributed by atoms with Crippen molar-refractivity contribution >= 4 is 34.3 Å². The first-order valence-corrected chi connectivity index (χ1v) is 7.98. The molecule has 3 heterocycles. The number of pyridine rings is 2. The van der Waals surface area contributed by atoms with Crippen LogP contribution in [0.1, 0.15) is 5.69 Å². The number of allylic oxidation sites excluding steroid dienone is 1. The Morgan fingerprint density at radius 3 is 2.77 bits per heavy atom. The number of hydrogen-bond donors (Lipinski definition) is 1. The fraction of sp³-hybridized carbons (Fsp3) is 0.222. The maximum Gasteiger partial charge on any atom is 0.146 e. The van der Waals surface area contributed by atoms with Crippen LogP contribution in [0.3, 0.4) is 0 Å². The SMILES string of the molecule is CN=C/C(=C\N)c1cc(OC)c(N(C)c2cc3c(cn2)ncn3C)cn1. The van der Waals surface area contributed by atoms with Crippen molar-refractivity contribution in [3.8, 4) is 5.75 Å². The van der Waals surface area contributed by atoms with E-state index < -0.39 is 0 Å². The van der Waals surface area contributed by atoms with Gasteiger partial charge in [-0.25, -0.2) is 9.97 Å². The summed E-state index contributed by atoms with van der Waals surface area (Å²) in [5.74, 6) is 1.42. The van der Waals surface area contributed by atoms with Crippen LogP contribution in [0, 0.1) is 0 Å². The summed E-state index contributed by atoms with van der Waals surface area (Å²) in [6.45, 7) is 0. The van der Waals surface area contributed by atoms with Gasteiger partial charge in [0.15, 0.2) is 0 Å². The zero-order valence-corrected chi connectivity index (χ0v) is 15.2. The minimum absolute atomic E-state index is 0.660. The number of nitrogens with two attached hydrogens (primary N) is 1. The van der Waals surface area contributed by atoms with Crippen molar-refractivity contribution in [2.24, 2.45) is 17.8 Å². The summed E-state index contributed by atoms with van der Waals surface area (Å²) in [6, 6.07) is 3.81. The summed E-state index contributed by atoms with van der Waals surface area (Å²) in [4.78, 5) is 19.2. The van der Waals surface area contributed by atoms with Crippen molar-refractivity contribution in [3.05, 3.63) is 42.7 Å². The van der Waals surface area contributed by atoms with Crippen LogP contribution in [0.4, 0.5) is 11.5 Å². The molecule has 0 saturated carbocycles. The Balaban J connectivity index is 2.02. The van der Waals surface area contributed by atoms with Crippen LogP contribution in [0.5, 0.6) is 5.75 Å². The molecule has 134 valence electrons. The number of methoxy groups -OCH3 is 1. The quantitative estimate of drug-likeness (QED) is 0.708. The van der Waals surface area contributed by atoms with Gasteiger partial charge in [0.05, 0.1) is 37.0 Å². The lowest BCUT2D eigenvalue weighted by molar-refractivity contribution is 0.415. The molecule has 0 radical (unpaired) electrons. The van der Waals surface area contributed by atoms with Crippen LogP contribution in [0.2, 0.25) is 0 Å². The molecule has 0 aliphatic heterocycles. The second-order valence-corrected chi connectivity index (χ2v) is 5.70. The minimum atomic E-state index is 0.660. The highest BCUT2D eigenvalue weighted by Crippen LogP contribution is 2.33. The summed E-state index contributed by atoms with van der Waals surface area (Å²) in [5, 5.41) is 0. The van der Waals surface area contributed by atoms with Crippen molar-refractivity contribution in [3.63, 3.8) is 0 Å². The topological polar surface area (TPSA) is 94.5 Å². The second kappa shape index (κ2) is 7.22. The molecule has 3 aromatic heterocycles. The average molecular weight is 351 g/mol. The summed E-state index contributed by atoms with van der Waals surface area (Å²) in [7, 11) is 7.17. The van der Waals surface area contributed by atoms with E-state index in [4.69, 9.17) is 10.5 Å². The number of hydrogen-bond acceptors (Lipinski definition) is 7. The predicted octanol–water partition coefficient (Wildman–Crippen LogP) is 2.14. The monoisotopic (exact) mass is 351 g/mol. The maximum absolute atomic E-state index is 5.67. The third-order valence-electron chi connectivity index (χ3n) is 4.11. The normalized spacial score (nSPS) is 12.1. The van der Waals surface area contributed by atoms with Crippen molar-refractivity contribution in [2.45, 2.75) is 0 Å². The number of anilines is 2. The molecule has 0 unspecified atom stereocenters. The van der Waals surface area contributed by atoms with Gasteiger partial charge in [-0.1, -0.05) is 0 Å². The lowest BCUT2D eigenvalue weighted by Gasteiger charge is -2.21. The molecule has 0 aliphatic rings. The van der Waals surface area contributed by atoms with E-state index in [1.54, 1.807) is 39.1 Å². The van der Waals surface area contributed by atoms with Crippen LogP contribution in [0.15, 0.2) is 42.0 Å². The second-order valence-electron chi connectivity index (χ2n) is 5.70. The molecule has 3 aromatic rings. The Bertz CT molecular complexity index is 990. The summed E-state index contributed by atoms with van der Waals surface area (Å²) >= 11 is 0. The number of aliphatic imine (C=N–C) groups is 1. The molecule has 3 rings (SSSR count). The van der Waals surface area contributed by atoms with Gasteiger partial charge in [0.25, 0.3) is 0 Å². The largest absolute Gasteiger partial charge is 0.494 e. The Morgan fingerprint density at radius 2 is 2.08 bits per heavy atom. The summed E-state index contributed by atoms with van der Waals surface area (Å²) < 4.78 is 7.51. The molecule has 0 aliphatic carbocycles. The zero-order valence-electron chi connectivity index (χ0n) is 15.2. The highest BCUT2D eigenvalue weighted by atomic mass is 16.5. The van der Waals surface area contributed by atoms with Gasteiger partial charge in [-0.2, -0.15) is 0 Å². The molecule has 2 N–H and O–H groups in total. The molecule has 26 heavy (non-hydrogen) atoms. The Morgan fingerprint density at radius 1 is 1.27 bits per heavy atom. The van der Waals surface area contributed by atoms with E-state index in [0.29, 0.717) is 11.4 Å². The number of ether oxygens (including phenoxy) is 1. The number of rotatable bonds is 5. The van der Waals surface area contributed by atoms with Gasteiger partial charge in [0.2, 0.25) is 0 Å². The van der Waals surface area contributed by atoms with E-state index in [0.717, 1.165) is 28.1 Å². The lowest BCUT2D eigenvalue weighted by Crippen LogP contribution is -2.13. The highest BCUT2D eigenvalue weighted by molar-refractivity contribution is 6.09. The van der Waals surface area contributed by atoms with E-state index in [1.165, 1.54) is 6.20 Å². The first-order chi connectivity index (χ1) is 12.6. The third kappa shape index (κ3) is 3.08. The van der Waals surface area contributed by atoms with E-state index >= 15 is 0 Å². The van der Waals surface area contributed by atoms with Crippen molar-refractivity contribution in [2.75, 3.05) is 26.1 Å². The van der Waals surface area contributed by atoms with Crippen LogP contribution in [-0.4, -0.2) is 46.9 Å². The van der Waals surface area contributed by atoms with Gasteiger partial charge >= 0.3 is 0 Å². The van der Waals surface area contributed by atoms with Crippen molar-refractivity contribution < 1.29 is 4.74 Å². The molecule has 8 heteroatoms. The van der Waals surface area contributed by atoms with Gasteiger partial charge in [-0.15, -0.1) is 0 Å². The first-order valence-electron chi connectivity index (χ1n) is 7.98. The third-order valence-corrected chi connectivity index (χ3v) is 4.11. The standard InChI is InChI=1S/C18H21N7O/c1-20-8-12(7-19)13-5-17(26-4)16(10-21-13)25(3)18-6-15-14(9-22-18)23-11-24(15)2/h5-11H,19H2,1-4H3/b12-7+,20-8?. The van der Waals surface area contributed by atoms with Crippen LogP contribution >= 0.6 is 0 Å². The molecule has 0 atom stereocenters. The summed E-state index contributed by atoms with van der Waals surface area (Å²) in [6.07, 6.45) is 8.38. The van der Waals surface area contributed by atoms with Gasteiger partial charge < -0.3 is 19.9 Å². The van der Waals surface area contributed by atoms with E-state index in [1.807, 2.05) is 35.7 Å². The summed E-state index contributed by atoms with van der Waals surface area (Å²) in [5.41, 5.74) is 9.70. The number of imidazole rings is 1. The van der Waals surface area contributed by atoms with Gasteiger partial charge in [-0.3, -0.25) is 9.98 Å². The molecule has 0 saturated heterocycles. The smallest absolute Gasteiger partial charge is 0.146 e. The average Bonchev–Trinajstić information content (AvgIpc) is 3.05. The number of aryl methyl sites for hydroxylation is 1. The molecular formula is C18H21N7O. The van der Waals surface area contributed by atoms with Gasteiger partial charge in [0, 0.05) is 51.3 Å². The molecule has 0 bridgehead atoms. The minimum Gasteiger partial charge on any atom is -0.494 e. The Labute approximate surface area is 151 Å². The Kier molecular flexibility index (Phi) is 4.83. The van der Waals surface area contributed by atoms with Crippen molar-refractivity contribution in [1.82, 2.24) is 19.5 Å². The number of aromatic nitrogens is 4. The predicted molar refractivity (Wildman–Crippen MR) is 104 cm³/mol. The van der Waals surface area contributed by atoms with Crippen LogP contribution in [0.25, 0.3) is 16.6 Å². The van der Waals surface area contributed by atoms with Crippen LogP contribution in [-0.2, 0) is 7.05 Å². The van der Waals surface area contributed by atoms with Gasteiger partial charge in [0.1, 0.15) is 22.8 Å². The molecule has 0 amide bonds. The zero-order chi connectivity index (χ0) is 18.7. The molecule has 0 spiro atoms. The fourth-order valence-electron chi connectivity index (χ4n) is 2.66. The highest BCUT2D eigenvalue weighted by Gasteiger charge is 2.15. The van der Waals surface area contributed by atoms with E-state index in [9.17, 15) is 0 Å². The Hall–Kier alpha value is -3.42.